The number of rotatable bonds is 4. The molecule has 4 aromatic heterocycles. The summed E-state index contributed by atoms with van der Waals surface area (Å²) in [5, 5.41) is 11.1. The number of carbonyl (C=O) groups is 1. The summed E-state index contributed by atoms with van der Waals surface area (Å²) in [7, 11) is 3.41. The zero-order valence-electron chi connectivity index (χ0n) is 15.7. The molecule has 0 aliphatic heterocycles. The van der Waals surface area contributed by atoms with Gasteiger partial charge in [-0.25, -0.2) is 9.97 Å². The molecule has 8 nitrogen and oxygen atoms in total. The Labute approximate surface area is 156 Å². The number of carbonyl (C=O) groups excluding carboxylic acids is 1. The summed E-state index contributed by atoms with van der Waals surface area (Å²) >= 11 is 0. The maximum Gasteiger partial charge on any atom is 0.256 e. The molecule has 0 unspecified atom stereocenters. The lowest BCUT2D eigenvalue weighted by Crippen LogP contribution is -2.18. The van der Waals surface area contributed by atoms with Crippen molar-refractivity contribution in [3.63, 3.8) is 0 Å². The molecule has 4 aromatic rings. The fourth-order valence-electron chi connectivity index (χ4n) is 3.25. The molecule has 0 spiro atoms. The van der Waals surface area contributed by atoms with E-state index < -0.39 is 0 Å². The smallest absolute Gasteiger partial charge is 0.256 e. The van der Waals surface area contributed by atoms with Crippen LogP contribution in [-0.2, 0) is 0 Å². The molecule has 0 radical (unpaired) electrons. The van der Waals surface area contributed by atoms with Crippen LogP contribution in [0.5, 0.6) is 0 Å². The van der Waals surface area contributed by atoms with E-state index >= 15 is 0 Å². The molecule has 1 amide bonds. The number of hydrogen-bond acceptors (Lipinski definition) is 5. The Kier molecular flexibility index (Phi) is 4.02. The summed E-state index contributed by atoms with van der Waals surface area (Å²) in [6, 6.07) is 6.15. The molecular formula is C19H21N7O. The van der Waals surface area contributed by atoms with E-state index in [2.05, 4.69) is 45.3 Å². The van der Waals surface area contributed by atoms with Crippen LogP contribution in [0.1, 0.15) is 30.2 Å². The average Bonchev–Trinajstić information content (AvgIpc) is 3.28. The fourth-order valence-corrected chi connectivity index (χ4v) is 3.25. The van der Waals surface area contributed by atoms with Gasteiger partial charge in [0.05, 0.1) is 11.9 Å². The lowest BCUT2D eigenvalue weighted by atomic mass is 10.1. The van der Waals surface area contributed by atoms with Crippen molar-refractivity contribution in [3.05, 3.63) is 42.4 Å². The van der Waals surface area contributed by atoms with Crippen LogP contribution in [0.2, 0.25) is 0 Å². The third-order valence-electron chi connectivity index (χ3n) is 4.62. The van der Waals surface area contributed by atoms with E-state index in [0.29, 0.717) is 11.2 Å². The third kappa shape index (κ3) is 2.61. The summed E-state index contributed by atoms with van der Waals surface area (Å²) in [5.41, 5.74) is 3.58. The molecule has 4 heterocycles. The molecule has 4 rings (SSSR count). The van der Waals surface area contributed by atoms with E-state index in [1.165, 1.54) is 6.20 Å². The maximum absolute atomic E-state index is 12.2. The van der Waals surface area contributed by atoms with Crippen molar-refractivity contribution in [1.29, 1.82) is 0 Å². The van der Waals surface area contributed by atoms with E-state index in [0.717, 1.165) is 28.1 Å². The zero-order chi connectivity index (χ0) is 19.1. The Balaban J connectivity index is 2.02. The Morgan fingerprint density at radius 2 is 2.04 bits per heavy atom. The molecule has 0 aliphatic carbocycles. The molecule has 8 heteroatoms. The number of nitrogens with zero attached hydrogens (tertiary/aromatic N) is 5. The van der Waals surface area contributed by atoms with Gasteiger partial charge in [-0.2, -0.15) is 9.61 Å². The van der Waals surface area contributed by atoms with Crippen LogP contribution >= 0.6 is 0 Å². The number of hydrogen-bond donors (Lipinski definition) is 2. The highest BCUT2D eigenvalue weighted by molar-refractivity contribution is 6.00. The minimum absolute atomic E-state index is 0.219. The predicted molar refractivity (Wildman–Crippen MR) is 105 cm³/mol. The number of aromatic nitrogens is 5. The summed E-state index contributed by atoms with van der Waals surface area (Å²) in [6.07, 6.45) is 5.39. The van der Waals surface area contributed by atoms with Gasteiger partial charge in [0.2, 0.25) is 0 Å². The van der Waals surface area contributed by atoms with Gasteiger partial charge in [-0.1, -0.05) is 0 Å². The first-order valence-corrected chi connectivity index (χ1v) is 8.79. The molecular weight excluding hydrogens is 342 g/mol. The van der Waals surface area contributed by atoms with Crippen LogP contribution in [0.4, 0.5) is 5.82 Å². The molecule has 2 N–H and O–H groups in total. The molecule has 27 heavy (non-hydrogen) atoms. The Bertz CT molecular complexity index is 1160. The monoisotopic (exact) mass is 363 g/mol. The second-order valence-corrected chi connectivity index (χ2v) is 6.57. The number of nitrogens with one attached hydrogen (secondary N) is 2. The van der Waals surface area contributed by atoms with Gasteiger partial charge in [-0.05, 0) is 26.0 Å². The van der Waals surface area contributed by atoms with E-state index in [9.17, 15) is 4.79 Å². The Morgan fingerprint density at radius 1 is 1.22 bits per heavy atom. The summed E-state index contributed by atoms with van der Waals surface area (Å²) < 4.78 is 3.76. The van der Waals surface area contributed by atoms with Gasteiger partial charge in [0.15, 0.2) is 5.65 Å². The van der Waals surface area contributed by atoms with Crippen LogP contribution in [-0.4, -0.2) is 44.2 Å². The minimum Gasteiger partial charge on any atom is -0.373 e. The van der Waals surface area contributed by atoms with Gasteiger partial charge >= 0.3 is 0 Å². The highest BCUT2D eigenvalue weighted by Crippen LogP contribution is 2.32. The van der Waals surface area contributed by atoms with Gasteiger partial charge in [0.25, 0.3) is 5.91 Å². The van der Waals surface area contributed by atoms with Crippen molar-refractivity contribution in [2.45, 2.75) is 19.9 Å². The molecule has 0 bridgehead atoms. The Hall–Kier alpha value is -3.42. The quantitative estimate of drug-likeness (QED) is 0.582. The third-order valence-corrected chi connectivity index (χ3v) is 4.62. The predicted octanol–water partition coefficient (Wildman–Crippen LogP) is 2.73. The zero-order valence-corrected chi connectivity index (χ0v) is 15.7. The summed E-state index contributed by atoms with van der Waals surface area (Å²) in [4.78, 5) is 21.5. The van der Waals surface area contributed by atoms with E-state index in [1.807, 2.05) is 25.2 Å². The molecule has 0 atom stereocenters. The van der Waals surface area contributed by atoms with Crippen molar-refractivity contribution in [3.8, 4) is 11.3 Å². The molecule has 0 aromatic carbocycles. The lowest BCUT2D eigenvalue weighted by molar-refractivity contribution is 0.0964. The lowest BCUT2D eigenvalue weighted by Gasteiger charge is -2.08. The maximum atomic E-state index is 12.2. The largest absolute Gasteiger partial charge is 0.373 e. The number of amides is 1. The van der Waals surface area contributed by atoms with E-state index in [4.69, 9.17) is 4.98 Å². The SMILES string of the molecule is CNC(=O)c1cnn2c(NC)cc(-c3cn(C(C)C)c4ncccc34)nc12. The van der Waals surface area contributed by atoms with Crippen LogP contribution < -0.4 is 10.6 Å². The molecule has 0 saturated heterocycles. The van der Waals surface area contributed by atoms with Crippen molar-refractivity contribution in [2.75, 3.05) is 19.4 Å². The van der Waals surface area contributed by atoms with Gasteiger partial charge < -0.3 is 15.2 Å². The number of anilines is 1. The van der Waals surface area contributed by atoms with Crippen molar-refractivity contribution >= 4 is 28.4 Å². The first-order chi connectivity index (χ1) is 13.0. The molecule has 0 saturated carbocycles. The highest BCUT2D eigenvalue weighted by Gasteiger charge is 2.19. The molecule has 138 valence electrons. The van der Waals surface area contributed by atoms with Crippen molar-refractivity contribution < 1.29 is 4.79 Å². The van der Waals surface area contributed by atoms with Crippen molar-refractivity contribution in [2.24, 2.45) is 0 Å². The van der Waals surface area contributed by atoms with Crippen LogP contribution in [0.3, 0.4) is 0 Å². The summed E-state index contributed by atoms with van der Waals surface area (Å²) in [5.74, 6) is 0.530. The molecule has 0 fully saturated rings. The average molecular weight is 363 g/mol. The second kappa shape index (κ2) is 6.39. The highest BCUT2D eigenvalue weighted by atomic mass is 16.1. The molecule has 0 aliphatic rings. The van der Waals surface area contributed by atoms with Gasteiger partial charge in [0.1, 0.15) is 17.0 Å². The first-order valence-electron chi connectivity index (χ1n) is 8.79. The van der Waals surface area contributed by atoms with Gasteiger partial charge in [-0.15, -0.1) is 0 Å². The first kappa shape index (κ1) is 17.0. The number of fused-ring (bicyclic) bond motifs is 2. The van der Waals surface area contributed by atoms with Crippen LogP contribution in [0, 0.1) is 0 Å². The Morgan fingerprint density at radius 3 is 2.74 bits per heavy atom. The normalized spacial score (nSPS) is 11.4. The fraction of sp³-hybridized carbons (Fsp3) is 0.263. The second-order valence-electron chi connectivity index (χ2n) is 6.57. The minimum atomic E-state index is -0.219. The van der Waals surface area contributed by atoms with Gasteiger partial charge in [0, 0.05) is 49.5 Å². The number of pyridine rings is 1. The van der Waals surface area contributed by atoms with E-state index in [1.54, 1.807) is 17.8 Å². The topological polar surface area (TPSA) is 89.1 Å². The standard InChI is InChI=1S/C19H21N7O/c1-11(2)25-10-14(12-6-5-7-22-17(12)25)15-8-16(20-3)26-18(24-15)13(9-23-26)19(27)21-4/h5-11,20H,1-4H3,(H,21,27). The van der Waals surface area contributed by atoms with Crippen LogP contribution in [0.25, 0.3) is 27.9 Å². The van der Waals surface area contributed by atoms with Crippen LogP contribution in [0.15, 0.2) is 36.8 Å². The van der Waals surface area contributed by atoms with E-state index in [-0.39, 0.29) is 11.9 Å². The van der Waals surface area contributed by atoms with Gasteiger partial charge in [-0.3, -0.25) is 4.79 Å². The van der Waals surface area contributed by atoms with Crippen molar-refractivity contribution in [1.82, 2.24) is 29.5 Å². The summed E-state index contributed by atoms with van der Waals surface area (Å²) in [6.45, 7) is 4.24.